The van der Waals surface area contributed by atoms with Gasteiger partial charge in [-0.05, 0) is 30.4 Å². The quantitative estimate of drug-likeness (QED) is 0.679. The number of nitro groups is 1. The van der Waals surface area contributed by atoms with E-state index in [2.05, 4.69) is 12.2 Å². The third-order valence-corrected chi connectivity index (χ3v) is 4.54. The van der Waals surface area contributed by atoms with Gasteiger partial charge in [0.15, 0.2) is 0 Å². The number of nitro benzene ring substituents is 1. The fourth-order valence-corrected chi connectivity index (χ4v) is 3.00. The highest BCUT2D eigenvalue weighted by atomic mass is 35.5. The average molecular weight is 311 g/mol. The smallest absolute Gasteiger partial charge is 0.288 e. The molecule has 114 valence electrons. The van der Waals surface area contributed by atoms with Crippen LogP contribution in [0.25, 0.3) is 0 Å². The lowest BCUT2D eigenvalue weighted by Crippen LogP contribution is -2.33. The summed E-state index contributed by atoms with van der Waals surface area (Å²) in [5.74, 6) is 0.816. The Morgan fingerprint density at radius 3 is 2.81 bits per heavy atom. The van der Waals surface area contributed by atoms with Crippen LogP contribution in [0.3, 0.4) is 0 Å². The normalized spacial score (nSPS) is 21.8. The van der Waals surface area contributed by atoms with E-state index in [4.69, 9.17) is 11.6 Å². The first-order valence-electron chi connectivity index (χ1n) is 7.21. The molecule has 2 atom stereocenters. The topological polar surface area (TPSA) is 72.2 Å². The Labute approximate surface area is 128 Å². The van der Waals surface area contributed by atoms with Crippen LogP contribution in [0.15, 0.2) is 18.2 Å². The van der Waals surface area contributed by atoms with Crippen LogP contribution in [0, 0.1) is 22.0 Å². The molecule has 0 aromatic heterocycles. The second-order valence-corrected chi connectivity index (χ2v) is 6.06. The fraction of sp³-hybridized carbons (Fsp3) is 0.533. The van der Waals surface area contributed by atoms with Crippen molar-refractivity contribution in [2.45, 2.75) is 32.6 Å². The molecule has 1 N–H and O–H groups in total. The molecule has 1 aliphatic rings. The summed E-state index contributed by atoms with van der Waals surface area (Å²) in [6.45, 7) is 2.83. The minimum atomic E-state index is -0.581. The van der Waals surface area contributed by atoms with Gasteiger partial charge >= 0.3 is 0 Å². The van der Waals surface area contributed by atoms with Crippen molar-refractivity contribution in [3.8, 4) is 0 Å². The number of halogens is 1. The number of carbonyl (C=O) groups excluding carboxylic acids is 1. The van der Waals surface area contributed by atoms with Crippen molar-refractivity contribution < 1.29 is 9.72 Å². The third kappa shape index (κ3) is 3.94. The molecule has 21 heavy (non-hydrogen) atoms. The molecule has 0 aliphatic heterocycles. The van der Waals surface area contributed by atoms with Crippen LogP contribution in [0.2, 0.25) is 5.02 Å². The predicted molar refractivity (Wildman–Crippen MR) is 81.6 cm³/mol. The molecule has 1 aliphatic carbocycles. The number of carbonyl (C=O) groups is 1. The lowest BCUT2D eigenvalue weighted by Gasteiger charge is -2.28. The number of nitrogens with zero attached hydrogens (tertiary/aromatic N) is 1. The molecule has 5 nitrogen and oxygen atoms in total. The summed E-state index contributed by atoms with van der Waals surface area (Å²) in [7, 11) is 0. The van der Waals surface area contributed by atoms with Crippen LogP contribution < -0.4 is 5.32 Å². The molecule has 2 unspecified atom stereocenters. The summed E-state index contributed by atoms with van der Waals surface area (Å²) in [4.78, 5) is 22.4. The lowest BCUT2D eigenvalue weighted by molar-refractivity contribution is -0.384. The first-order valence-corrected chi connectivity index (χ1v) is 7.59. The maximum atomic E-state index is 12.1. The van der Waals surface area contributed by atoms with E-state index in [1.165, 1.54) is 37.5 Å². The molecule has 6 heteroatoms. The zero-order valence-corrected chi connectivity index (χ0v) is 12.7. The minimum Gasteiger partial charge on any atom is -0.352 e. The van der Waals surface area contributed by atoms with E-state index in [-0.39, 0.29) is 22.2 Å². The molecule has 1 aromatic carbocycles. The van der Waals surface area contributed by atoms with Crippen LogP contribution >= 0.6 is 11.6 Å². The van der Waals surface area contributed by atoms with Crippen LogP contribution in [-0.2, 0) is 0 Å². The average Bonchev–Trinajstić information content (AvgIpc) is 2.46. The standard InChI is InChI=1S/C15H19ClN2O3/c1-10-4-2-3-5-12(10)9-17-15(19)11-6-7-13(16)14(8-11)18(20)21/h6-8,10,12H,2-5,9H2,1H3,(H,17,19). The predicted octanol–water partition coefficient (Wildman–Crippen LogP) is 3.80. The Morgan fingerprint density at radius 1 is 1.43 bits per heavy atom. The lowest BCUT2D eigenvalue weighted by atomic mass is 9.80. The number of rotatable bonds is 4. The second kappa shape index (κ2) is 6.89. The van der Waals surface area contributed by atoms with E-state index in [9.17, 15) is 14.9 Å². The summed E-state index contributed by atoms with van der Waals surface area (Å²) >= 11 is 5.74. The maximum absolute atomic E-state index is 12.1. The van der Waals surface area contributed by atoms with Crippen LogP contribution in [0.5, 0.6) is 0 Å². The summed E-state index contributed by atoms with van der Waals surface area (Å²) in [6.07, 6.45) is 4.79. The summed E-state index contributed by atoms with van der Waals surface area (Å²) in [6, 6.07) is 4.12. The molecule has 2 rings (SSSR count). The number of hydrogen-bond acceptors (Lipinski definition) is 3. The van der Waals surface area contributed by atoms with E-state index in [0.29, 0.717) is 18.4 Å². The first-order chi connectivity index (χ1) is 9.99. The van der Waals surface area contributed by atoms with Gasteiger partial charge < -0.3 is 5.32 Å². The second-order valence-electron chi connectivity index (χ2n) is 5.66. The van der Waals surface area contributed by atoms with Crippen LogP contribution in [0.1, 0.15) is 43.0 Å². The molecule has 0 bridgehead atoms. The summed E-state index contributed by atoms with van der Waals surface area (Å²) in [5, 5.41) is 13.8. The van der Waals surface area contributed by atoms with E-state index < -0.39 is 4.92 Å². The highest BCUT2D eigenvalue weighted by molar-refractivity contribution is 6.32. The molecule has 1 amide bonds. The molecule has 1 aromatic rings. The molecule has 0 heterocycles. The van der Waals surface area contributed by atoms with Crippen molar-refractivity contribution in [3.05, 3.63) is 38.9 Å². The molecule has 0 spiro atoms. The van der Waals surface area contributed by atoms with Gasteiger partial charge in [-0.3, -0.25) is 14.9 Å². The monoisotopic (exact) mass is 310 g/mol. The van der Waals surface area contributed by atoms with Crippen molar-refractivity contribution >= 4 is 23.2 Å². The number of benzene rings is 1. The zero-order valence-electron chi connectivity index (χ0n) is 12.0. The zero-order chi connectivity index (χ0) is 15.4. The van der Waals surface area contributed by atoms with Gasteiger partial charge in [0.25, 0.3) is 11.6 Å². The fourth-order valence-electron chi connectivity index (χ4n) is 2.82. The Kier molecular flexibility index (Phi) is 5.17. The van der Waals surface area contributed by atoms with E-state index >= 15 is 0 Å². The van der Waals surface area contributed by atoms with Gasteiger partial charge in [-0.2, -0.15) is 0 Å². The molecule has 1 fully saturated rings. The van der Waals surface area contributed by atoms with E-state index in [0.717, 1.165) is 6.42 Å². The highest BCUT2D eigenvalue weighted by Crippen LogP contribution is 2.29. The van der Waals surface area contributed by atoms with Gasteiger partial charge in [0.05, 0.1) is 4.92 Å². The Hall–Kier alpha value is -1.62. The van der Waals surface area contributed by atoms with Crippen molar-refractivity contribution in [3.63, 3.8) is 0 Å². The van der Waals surface area contributed by atoms with Crippen molar-refractivity contribution in [1.82, 2.24) is 5.32 Å². The largest absolute Gasteiger partial charge is 0.352 e. The number of nitrogens with one attached hydrogen (secondary N) is 1. The van der Waals surface area contributed by atoms with Gasteiger partial charge in [0.2, 0.25) is 0 Å². The SMILES string of the molecule is CC1CCCCC1CNC(=O)c1ccc(Cl)c([N+](=O)[O-])c1. The maximum Gasteiger partial charge on any atom is 0.288 e. The van der Waals surface area contributed by atoms with E-state index in [1.54, 1.807) is 0 Å². The number of hydrogen-bond donors (Lipinski definition) is 1. The summed E-state index contributed by atoms with van der Waals surface area (Å²) < 4.78 is 0. The van der Waals surface area contributed by atoms with Crippen LogP contribution in [-0.4, -0.2) is 17.4 Å². The van der Waals surface area contributed by atoms with Gasteiger partial charge in [-0.1, -0.05) is 37.8 Å². The molecule has 0 radical (unpaired) electrons. The van der Waals surface area contributed by atoms with Crippen molar-refractivity contribution in [2.75, 3.05) is 6.54 Å². The Morgan fingerprint density at radius 2 is 2.14 bits per heavy atom. The Bertz CT molecular complexity index is 548. The number of amides is 1. The summed E-state index contributed by atoms with van der Waals surface area (Å²) in [5.41, 5.74) is 0.0323. The molecular formula is C15H19ClN2O3. The molecular weight excluding hydrogens is 292 g/mol. The Balaban J connectivity index is 2.00. The van der Waals surface area contributed by atoms with E-state index in [1.807, 2.05) is 0 Å². The van der Waals surface area contributed by atoms with Gasteiger partial charge in [-0.15, -0.1) is 0 Å². The molecule has 0 saturated heterocycles. The van der Waals surface area contributed by atoms with Gasteiger partial charge in [-0.25, -0.2) is 0 Å². The van der Waals surface area contributed by atoms with Gasteiger partial charge in [0, 0.05) is 18.2 Å². The van der Waals surface area contributed by atoms with Crippen LogP contribution in [0.4, 0.5) is 5.69 Å². The minimum absolute atomic E-state index is 0.0393. The van der Waals surface area contributed by atoms with Crippen molar-refractivity contribution in [2.24, 2.45) is 11.8 Å². The van der Waals surface area contributed by atoms with Gasteiger partial charge in [0.1, 0.15) is 5.02 Å². The molecule has 1 saturated carbocycles. The third-order valence-electron chi connectivity index (χ3n) is 4.22. The first kappa shape index (κ1) is 15.8. The highest BCUT2D eigenvalue weighted by Gasteiger charge is 2.22. The van der Waals surface area contributed by atoms with Crippen molar-refractivity contribution in [1.29, 1.82) is 0 Å².